The largest absolute Gasteiger partial charge is 0.306 e. The number of hydrogen-bond acceptors (Lipinski definition) is 1. The molecule has 1 aliphatic heterocycles. The first kappa shape index (κ1) is 10.0. The lowest BCUT2D eigenvalue weighted by Crippen LogP contribution is -2.39. The van der Waals surface area contributed by atoms with E-state index in [2.05, 4.69) is 32.7 Å². The van der Waals surface area contributed by atoms with Crippen molar-refractivity contribution in [2.45, 2.75) is 40.0 Å². The first-order valence-electron chi connectivity index (χ1n) is 5.25. The Morgan fingerprint density at radius 2 is 2.08 bits per heavy atom. The summed E-state index contributed by atoms with van der Waals surface area (Å²) in [7, 11) is 2.25. The molecule has 1 aliphatic rings. The van der Waals surface area contributed by atoms with Crippen LogP contribution >= 0.6 is 0 Å². The van der Waals surface area contributed by atoms with Crippen molar-refractivity contribution in [3.8, 4) is 0 Å². The summed E-state index contributed by atoms with van der Waals surface area (Å²) in [4.78, 5) is 2.48. The first-order valence-corrected chi connectivity index (χ1v) is 5.25. The summed E-state index contributed by atoms with van der Waals surface area (Å²) < 4.78 is 0. The van der Waals surface area contributed by atoms with Crippen LogP contribution in [0.25, 0.3) is 0 Å². The van der Waals surface area contributed by atoms with Crippen molar-refractivity contribution in [2.75, 3.05) is 20.1 Å². The van der Waals surface area contributed by atoms with E-state index >= 15 is 0 Å². The van der Waals surface area contributed by atoms with E-state index in [0.717, 1.165) is 5.92 Å². The molecule has 0 aromatic heterocycles. The lowest BCUT2D eigenvalue weighted by atomic mass is 9.73. The van der Waals surface area contributed by atoms with E-state index in [1.165, 1.54) is 32.4 Å². The van der Waals surface area contributed by atoms with E-state index in [1.54, 1.807) is 0 Å². The van der Waals surface area contributed by atoms with Crippen molar-refractivity contribution in [2.24, 2.45) is 11.3 Å². The molecule has 1 atom stereocenters. The fraction of sp³-hybridized carbons (Fsp3) is 1.00. The van der Waals surface area contributed by atoms with Gasteiger partial charge in [-0.05, 0) is 37.8 Å². The van der Waals surface area contributed by atoms with E-state index in [0.29, 0.717) is 5.41 Å². The summed E-state index contributed by atoms with van der Waals surface area (Å²) in [6, 6.07) is 0. The molecule has 0 aliphatic carbocycles. The Kier molecular flexibility index (Phi) is 3.16. The molecular formula is C11H23N. The van der Waals surface area contributed by atoms with Gasteiger partial charge in [-0.2, -0.15) is 0 Å². The van der Waals surface area contributed by atoms with Gasteiger partial charge in [0.1, 0.15) is 0 Å². The van der Waals surface area contributed by atoms with Crippen molar-refractivity contribution < 1.29 is 0 Å². The Hall–Kier alpha value is -0.0400. The molecule has 0 spiro atoms. The highest BCUT2D eigenvalue weighted by molar-refractivity contribution is 4.82. The Labute approximate surface area is 77.1 Å². The van der Waals surface area contributed by atoms with Gasteiger partial charge in [-0.15, -0.1) is 0 Å². The van der Waals surface area contributed by atoms with E-state index in [9.17, 15) is 0 Å². The lowest BCUT2D eigenvalue weighted by molar-refractivity contribution is 0.101. The summed E-state index contributed by atoms with van der Waals surface area (Å²) in [5.41, 5.74) is 0.550. The molecule has 0 aromatic rings. The van der Waals surface area contributed by atoms with Crippen LogP contribution in [-0.2, 0) is 0 Å². The summed E-state index contributed by atoms with van der Waals surface area (Å²) in [5.74, 6) is 0.918. The second-order valence-corrected chi connectivity index (χ2v) is 4.94. The molecule has 0 saturated carbocycles. The van der Waals surface area contributed by atoms with Gasteiger partial charge >= 0.3 is 0 Å². The smallest absolute Gasteiger partial charge is 0.00117 e. The van der Waals surface area contributed by atoms with Crippen LogP contribution in [0.2, 0.25) is 0 Å². The Morgan fingerprint density at radius 3 is 2.58 bits per heavy atom. The molecule has 1 heterocycles. The van der Waals surface area contributed by atoms with Crippen LogP contribution in [0.3, 0.4) is 0 Å². The van der Waals surface area contributed by atoms with Crippen LogP contribution in [0.1, 0.15) is 40.0 Å². The number of piperidine rings is 1. The van der Waals surface area contributed by atoms with Crippen molar-refractivity contribution in [1.29, 1.82) is 0 Å². The predicted molar refractivity (Wildman–Crippen MR) is 54.3 cm³/mol. The maximum Gasteiger partial charge on any atom is 0.00117 e. The molecule has 0 bridgehead atoms. The second kappa shape index (κ2) is 3.78. The molecule has 1 heteroatoms. The van der Waals surface area contributed by atoms with Crippen molar-refractivity contribution in [3.05, 3.63) is 0 Å². The summed E-state index contributed by atoms with van der Waals surface area (Å²) in [6.07, 6.45) is 4.14. The minimum Gasteiger partial charge on any atom is -0.306 e. The zero-order valence-electron chi connectivity index (χ0n) is 9.06. The molecule has 0 N–H and O–H groups in total. The molecule has 72 valence electrons. The molecule has 1 fully saturated rings. The molecule has 1 rings (SSSR count). The summed E-state index contributed by atoms with van der Waals surface area (Å²) in [6.45, 7) is 9.75. The number of hydrogen-bond donors (Lipinski definition) is 0. The van der Waals surface area contributed by atoms with Crippen LogP contribution in [0.5, 0.6) is 0 Å². The lowest BCUT2D eigenvalue weighted by Gasteiger charge is -2.39. The van der Waals surface area contributed by atoms with Crippen LogP contribution in [0, 0.1) is 11.3 Å². The molecule has 0 aromatic carbocycles. The van der Waals surface area contributed by atoms with Gasteiger partial charge in [0.2, 0.25) is 0 Å². The van der Waals surface area contributed by atoms with Crippen LogP contribution in [0.4, 0.5) is 0 Å². The van der Waals surface area contributed by atoms with Crippen LogP contribution in [-0.4, -0.2) is 25.0 Å². The van der Waals surface area contributed by atoms with Gasteiger partial charge in [-0.25, -0.2) is 0 Å². The standard InChI is InChI=1S/C11H23N/c1-5-11(2,3)10-7-6-8-12(4)9-10/h10H,5-9H2,1-4H3. The molecule has 12 heavy (non-hydrogen) atoms. The van der Waals surface area contributed by atoms with Crippen molar-refractivity contribution in [1.82, 2.24) is 4.90 Å². The molecule has 1 unspecified atom stereocenters. The van der Waals surface area contributed by atoms with Crippen molar-refractivity contribution >= 4 is 0 Å². The fourth-order valence-electron chi connectivity index (χ4n) is 2.09. The Balaban J connectivity index is 2.50. The van der Waals surface area contributed by atoms with Gasteiger partial charge < -0.3 is 4.90 Å². The van der Waals surface area contributed by atoms with Gasteiger partial charge in [0, 0.05) is 6.54 Å². The van der Waals surface area contributed by atoms with Gasteiger partial charge in [0.25, 0.3) is 0 Å². The second-order valence-electron chi connectivity index (χ2n) is 4.94. The average Bonchev–Trinajstić information content (AvgIpc) is 2.05. The highest BCUT2D eigenvalue weighted by Crippen LogP contribution is 2.35. The third-order valence-electron chi connectivity index (χ3n) is 3.64. The minimum absolute atomic E-state index is 0.550. The molecule has 0 radical (unpaired) electrons. The minimum atomic E-state index is 0.550. The number of nitrogens with zero attached hydrogens (tertiary/aromatic N) is 1. The SMILES string of the molecule is CCC(C)(C)C1CCCN(C)C1. The quantitative estimate of drug-likeness (QED) is 0.614. The zero-order chi connectivity index (χ0) is 9.19. The van der Waals surface area contributed by atoms with E-state index < -0.39 is 0 Å². The van der Waals surface area contributed by atoms with E-state index in [-0.39, 0.29) is 0 Å². The third kappa shape index (κ3) is 2.22. The van der Waals surface area contributed by atoms with Gasteiger partial charge in [-0.3, -0.25) is 0 Å². The Bertz CT molecular complexity index is 140. The summed E-state index contributed by atoms with van der Waals surface area (Å²) in [5, 5.41) is 0. The van der Waals surface area contributed by atoms with E-state index in [1.807, 2.05) is 0 Å². The first-order chi connectivity index (χ1) is 5.56. The molecule has 1 nitrogen and oxygen atoms in total. The molecule has 0 amide bonds. The average molecular weight is 169 g/mol. The highest BCUT2D eigenvalue weighted by atomic mass is 15.1. The predicted octanol–water partition coefficient (Wildman–Crippen LogP) is 2.76. The number of rotatable bonds is 2. The monoisotopic (exact) mass is 169 g/mol. The topological polar surface area (TPSA) is 3.24 Å². The third-order valence-corrected chi connectivity index (χ3v) is 3.64. The Morgan fingerprint density at radius 1 is 1.42 bits per heavy atom. The zero-order valence-corrected chi connectivity index (χ0v) is 9.06. The molecular weight excluding hydrogens is 146 g/mol. The molecule has 1 saturated heterocycles. The van der Waals surface area contributed by atoms with Gasteiger partial charge in [-0.1, -0.05) is 27.2 Å². The van der Waals surface area contributed by atoms with Crippen molar-refractivity contribution in [3.63, 3.8) is 0 Å². The maximum absolute atomic E-state index is 2.48. The van der Waals surface area contributed by atoms with E-state index in [4.69, 9.17) is 0 Å². The fourth-order valence-corrected chi connectivity index (χ4v) is 2.09. The number of likely N-dealkylation sites (tertiary alicyclic amines) is 1. The highest BCUT2D eigenvalue weighted by Gasteiger charge is 2.30. The maximum atomic E-state index is 2.48. The van der Waals surface area contributed by atoms with Gasteiger partial charge in [0.15, 0.2) is 0 Å². The summed E-state index contributed by atoms with van der Waals surface area (Å²) >= 11 is 0. The van der Waals surface area contributed by atoms with Gasteiger partial charge in [0.05, 0.1) is 0 Å². The van der Waals surface area contributed by atoms with Crippen LogP contribution in [0.15, 0.2) is 0 Å². The van der Waals surface area contributed by atoms with Crippen LogP contribution < -0.4 is 0 Å². The normalized spacial score (nSPS) is 27.5.